The normalized spacial score (nSPS) is 27.5. The first-order chi connectivity index (χ1) is 22.2. The summed E-state index contributed by atoms with van der Waals surface area (Å²) in [5.74, 6) is -5.70. The first kappa shape index (κ1) is 42.8. The van der Waals surface area contributed by atoms with E-state index in [-0.39, 0.29) is 17.8 Å². The smallest absolute Gasteiger partial charge is 0.325 e. The fourth-order valence-electron chi connectivity index (χ4n) is 5.48. The van der Waals surface area contributed by atoms with Gasteiger partial charge in [0.2, 0.25) is 29.5 Å². The molecule has 0 aromatic rings. The summed E-state index contributed by atoms with van der Waals surface area (Å²) in [6.07, 6.45) is 1.23. The minimum Gasteiger partial charge on any atom is -0.460 e. The number of rotatable bonds is 10. The number of likely N-dealkylation sites (N-methyl/N-ethyl adjacent to an activating group) is 1. The molecule has 8 atom stereocenters. The van der Waals surface area contributed by atoms with E-state index in [1.165, 1.54) is 18.9 Å². The molecule has 1 aliphatic rings. The number of unbranched alkanes of at least 4 members (excludes halogenated alkanes) is 1. The zero-order valence-electron chi connectivity index (χ0n) is 30.6. The molecule has 14 heteroatoms. The third kappa shape index (κ3) is 13.7. The maximum Gasteiger partial charge on any atom is 0.325 e. The number of cyclic esters (lactones) is 1. The molecule has 0 aromatic heterocycles. The van der Waals surface area contributed by atoms with Crippen LogP contribution in [0.25, 0.3) is 0 Å². The number of hydrogen-bond donors (Lipinski definition) is 6. The van der Waals surface area contributed by atoms with E-state index in [1.807, 2.05) is 20.8 Å². The second kappa shape index (κ2) is 19.7. The minimum atomic E-state index is -1.54. The Labute approximate surface area is 285 Å². The van der Waals surface area contributed by atoms with E-state index >= 15 is 0 Å². The van der Waals surface area contributed by atoms with E-state index in [9.17, 15) is 39.0 Å². The molecule has 0 radical (unpaired) electrons. The summed E-state index contributed by atoms with van der Waals surface area (Å²) in [4.78, 5) is 81.7. The lowest BCUT2D eigenvalue weighted by molar-refractivity contribution is -0.157. The van der Waals surface area contributed by atoms with Gasteiger partial charge >= 0.3 is 5.97 Å². The summed E-state index contributed by atoms with van der Waals surface area (Å²) < 4.78 is 5.76. The molecule has 0 spiro atoms. The Hall–Kier alpha value is -3.26. The van der Waals surface area contributed by atoms with Crippen molar-refractivity contribution in [3.05, 3.63) is 0 Å². The Kier molecular flexibility index (Phi) is 17.5. The Morgan fingerprint density at radius 2 is 1.50 bits per heavy atom. The van der Waals surface area contributed by atoms with Crippen molar-refractivity contribution in [1.82, 2.24) is 26.2 Å². The van der Waals surface area contributed by atoms with Gasteiger partial charge in [0.1, 0.15) is 36.8 Å². The summed E-state index contributed by atoms with van der Waals surface area (Å²) in [5, 5.41) is 30.1. The third-order valence-electron chi connectivity index (χ3n) is 8.79. The topological polar surface area (TPSA) is 203 Å². The molecular weight excluding hydrogens is 622 g/mol. The number of carbonyl (C=O) groups excluding carboxylic acids is 6. The molecule has 1 rings (SSSR count). The number of esters is 1. The molecule has 6 N–H and O–H groups in total. The van der Waals surface area contributed by atoms with Crippen LogP contribution < -0.4 is 21.3 Å². The third-order valence-corrected chi connectivity index (χ3v) is 8.79. The van der Waals surface area contributed by atoms with E-state index in [0.717, 1.165) is 12.8 Å². The predicted octanol–water partition coefficient (Wildman–Crippen LogP) is 1.02. The fraction of sp³-hybridized carbons (Fsp3) is 0.824. The fourth-order valence-corrected chi connectivity index (χ4v) is 5.48. The number of nitrogens with one attached hydrogen (secondary N) is 4. The molecule has 14 nitrogen and oxygen atoms in total. The Morgan fingerprint density at radius 1 is 0.896 bits per heavy atom. The van der Waals surface area contributed by atoms with Gasteiger partial charge in [0.15, 0.2) is 0 Å². The highest BCUT2D eigenvalue weighted by atomic mass is 16.5. The number of amides is 5. The van der Waals surface area contributed by atoms with Crippen LogP contribution in [0.5, 0.6) is 0 Å². The molecular formula is C34H61N5O9. The molecule has 0 aliphatic carbocycles. The maximum atomic E-state index is 14.0. The number of aliphatic hydroxyl groups is 2. The Bertz CT molecular complexity index is 1110. The van der Waals surface area contributed by atoms with Gasteiger partial charge in [0.25, 0.3) is 0 Å². The molecule has 1 fully saturated rings. The predicted molar refractivity (Wildman–Crippen MR) is 180 cm³/mol. The Balaban J connectivity index is 3.62. The van der Waals surface area contributed by atoms with Crippen LogP contribution in [0.4, 0.5) is 0 Å². The van der Waals surface area contributed by atoms with Gasteiger partial charge in [-0.25, -0.2) is 0 Å². The monoisotopic (exact) mass is 683 g/mol. The summed E-state index contributed by atoms with van der Waals surface area (Å²) in [7, 11) is 1.51. The van der Waals surface area contributed by atoms with Gasteiger partial charge in [-0.3, -0.25) is 28.8 Å². The molecule has 2 unspecified atom stereocenters. The van der Waals surface area contributed by atoms with Crippen molar-refractivity contribution < 1.29 is 43.7 Å². The maximum absolute atomic E-state index is 14.0. The average molecular weight is 684 g/mol. The number of nitrogens with zero attached hydrogens (tertiary/aromatic N) is 1. The molecule has 1 saturated heterocycles. The van der Waals surface area contributed by atoms with E-state index in [4.69, 9.17) is 4.74 Å². The highest BCUT2D eigenvalue weighted by Crippen LogP contribution is 2.25. The number of aliphatic hydroxyl groups excluding tert-OH is 2. The summed E-state index contributed by atoms with van der Waals surface area (Å²) in [6.45, 7) is 15.2. The lowest BCUT2D eigenvalue weighted by Crippen LogP contribution is -2.61. The minimum absolute atomic E-state index is 0.0113. The summed E-state index contributed by atoms with van der Waals surface area (Å²) >= 11 is 0. The molecule has 276 valence electrons. The van der Waals surface area contributed by atoms with Gasteiger partial charge in [-0.15, -0.1) is 0 Å². The van der Waals surface area contributed by atoms with Crippen LogP contribution in [0, 0.1) is 23.2 Å². The van der Waals surface area contributed by atoms with Gasteiger partial charge in [-0.2, -0.15) is 0 Å². The van der Waals surface area contributed by atoms with Crippen LogP contribution in [-0.4, -0.2) is 107 Å². The zero-order chi connectivity index (χ0) is 36.9. The van der Waals surface area contributed by atoms with E-state index in [1.54, 1.807) is 13.8 Å². The number of carbonyl (C=O) groups is 6. The van der Waals surface area contributed by atoms with Crippen molar-refractivity contribution in [2.24, 2.45) is 23.2 Å². The number of hydrogen-bond acceptors (Lipinski definition) is 9. The van der Waals surface area contributed by atoms with Crippen LogP contribution in [-0.2, 0) is 33.5 Å². The van der Waals surface area contributed by atoms with E-state index < -0.39 is 96.9 Å². The van der Waals surface area contributed by atoms with Crippen LogP contribution in [0.3, 0.4) is 0 Å². The molecule has 0 saturated carbocycles. The first-order valence-corrected chi connectivity index (χ1v) is 17.2. The molecule has 0 aromatic carbocycles. The zero-order valence-corrected chi connectivity index (χ0v) is 30.6. The lowest BCUT2D eigenvalue weighted by atomic mass is 9.88. The lowest BCUT2D eigenvalue weighted by Gasteiger charge is -2.34. The van der Waals surface area contributed by atoms with Crippen molar-refractivity contribution in [2.75, 3.05) is 20.2 Å². The van der Waals surface area contributed by atoms with Crippen LogP contribution in [0.1, 0.15) is 101 Å². The Morgan fingerprint density at radius 3 is 2.02 bits per heavy atom. The van der Waals surface area contributed by atoms with Gasteiger partial charge < -0.3 is 41.1 Å². The van der Waals surface area contributed by atoms with Gasteiger partial charge in [0.05, 0.1) is 18.6 Å². The number of ether oxygens (including phenoxy) is 1. The second-order valence-electron chi connectivity index (χ2n) is 14.8. The molecule has 5 amide bonds. The highest BCUT2D eigenvalue weighted by Gasteiger charge is 2.38. The molecule has 1 heterocycles. The summed E-state index contributed by atoms with van der Waals surface area (Å²) in [6, 6.07) is -5.17. The highest BCUT2D eigenvalue weighted by molar-refractivity contribution is 5.96. The van der Waals surface area contributed by atoms with Crippen molar-refractivity contribution in [3.63, 3.8) is 0 Å². The second-order valence-corrected chi connectivity index (χ2v) is 14.8. The van der Waals surface area contributed by atoms with Gasteiger partial charge in [-0.05, 0) is 49.9 Å². The summed E-state index contributed by atoms with van der Waals surface area (Å²) in [5.41, 5.74) is 0.0913. The van der Waals surface area contributed by atoms with Crippen molar-refractivity contribution in [3.8, 4) is 0 Å². The van der Waals surface area contributed by atoms with Gasteiger partial charge in [0, 0.05) is 7.05 Å². The van der Waals surface area contributed by atoms with Gasteiger partial charge in [-0.1, -0.05) is 68.2 Å². The van der Waals surface area contributed by atoms with Crippen molar-refractivity contribution >= 4 is 35.5 Å². The SMILES string of the molecule is CCC(C)[C@@H]1NC(=O)[C@H](CC(C)C)N(C)C(=O)[C@H](C)[C@@H](CCCCC(C)(C)C)OC(=O)CNC(=O)[C@H](C(C)O)NC(=O)[C@H](CO)NC1=O. The van der Waals surface area contributed by atoms with Crippen LogP contribution in [0.15, 0.2) is 0 Å². The van der Waals surface area contributed by atoms with E-state index in [0.29, 0.717) is 19.3 Å². The van der Waals surface area contributed by atoms with Crippen LogP contribution in [0.2, 0.25) is 0 Å². The van der Waals surface area contributed by atoms with Crippen molar-refractivity contribution in [1.29, 1.82) is 0 Å². The first-order valence-electron chi connectivity index (χ1n) is 17.2. The average Bonchev–Trinajstić information content (AvgIpc) is 3.00. The largest absolute Gasteiger partial charge is 0.460 e. The molecule has 1 aliphatic heterocycles. The van der Waals surface area contributed by atoms with Crippen molar-refractivity contribution in [2.45, 2.75) is 137 Å². The van der Waals surface area contributed by atoms with E-state index in [2.05, 4.69) is 42.0 Å². The standard InChI is InChI=1S/C34H61N5O9/c1-11-20(4)27-32(46)36-23(18-40)29(43)38-28(22(6)41)31(45)35-17-26(42)48-25(14-12-13-15-34(7,8)9)21(5)33(47)39(10)24(16-19(2)3)30(44)37-27/h19-25,27-28,40-41H,11-18H2,1-10H3,(H,35,45)(H,36,46)(H,37,44)(H,38,43)/t20?,21-,22?,23+,24+,25-,27+,28+/m1/s1. The molecule has 48 heavy (non-hydrogen) atoms. The van der Waals surface area contributed by atoms with Crippen LogP contribution >= 0.6 is 0 Å². The molecule has 0 bridgehead atoms. The quantitative estimate of drug-likeness (QED) is 0.144.